The predicted octanol–water partition coefficient (Wildman–Crippen LogP) is 4.42. The molecule has 3 aromatic rings. The van der Waals surface area contributed by atoms with Gasteiger partial charge in [-0.3, -0.25) is 9.59 Å². The summed E-state index contributed by atoms with van der Waals surface area (Å²) in [5.74, 6) is 1.42. The summed E-state index contributed by atoms with van der Waals surface area (Å²) in [6.45, 7) is 1.51. The van der Waals surface area contributed by atoms with E-state index in [2.05, 4.69) is 5.32 Å². The molecular formula is C21H19NO5. The molecular weight excluding hydrogens is 346 g/mol. The molecule has 6 heteroatoms. The summed E-state index contributed by atoms with van der Waals surface area (Å²) in [5, 5.41) is 2.76. The Balaban J connectivity index is 1.76. The van der Waals surface area contributed by atoms with E-state index in [0.717, 1.165) is 5.56 Å². The van der Waals surface area contributed by atoms with Crippen LogP contribution in [0.2, 0.25) is 0 Å². The van der Waals surface area contributed by atoms with E-state index < -0.39 is 0 Å². The number of carbonyl (C=O) groups excluding carboxylic acids is 2. The molecule has 0 saturated carbocycles. The number of anilines is 1. The third kappa shape index (κ3) is 4.00. The molecule has 1 aromatic heterocycles. The first kappa shape index (κ1) is 18.3. The topological polar surface area (TPSA) is 77.8 Å². The van der Waals surface area contributed by atoms with Crippen molar-refractivity contribution < 1.29 is 23.5 Å². The van der Waals surface area contributed by atoms with Gasteiger partial charge in [0.2, 0.25) is 0 Å². The van der Waals surface area contributed by atoms with E-state index >= 15 is 0 Å². The van der Waals surface area contributed by atoms with Gasteiger partial charge >= 0.3 is 0 Å². The van der Waals surface area contributed by atoms with Crippen molar-refractivity contribution in [2.24, 2.45) is 0 Å². The van der Waals surface area contributed by atoms with Gasteiger partial charge in [0, 0.05) is 22.9 Å². The highest BCUT2D eigenvalue weighted by Crippen LogP contribution is 2.30. The molecule has 0 unspecified atom stereocenters. The highest BCUT2D eigenvalue weighted by molar-refractivity contribution is 6.02. The molecule has 1 N–H and O–H groups in total. The van der Waals surface area contributed by atoms with E-state index in [-0.39, 0.29) is 17.5 Å². The Labute approximate surface area is 156 Å². The highest BCUT2D eigenvalue weighted by atomic mass is 16.5. The second-order valence-electron chi connectivity index (χ2n) is 5.82. The Morgan fingerprint density at radius 2 is 1.59 bits per heavy atom. The summed E-state index contributed by atoms with van der Waals surface area (Å²) < 4.78 is 16.1. The molecule has 0 aliphatic rings. The number of amides is 1. The van der Waals surface area contributed by atoms with Gasteiger partial charge in [0.05, 0.1) is 14.2 Å². The van der Waals surface area contributed by atoms with Crippen LogP contribution in [0.15, 0.2) is 59.0 Å². The quantitative estimate of drug-likeness (QED) is 0.654. The minimum atomic E-state index is -0.381. The molecule has 0 aliphatic carbocycles. The van der Waals surface area contributed by atoms with Crippen molar-refractivity contribution in [3.63, 3.8) is 0 Å². The maximum atomic E-state index is 12.4. The Hall–Kier alpha value is -3.54. The average molecular weight is 365 g/mol. The summed E-state index contributed by atoms with van der Waals surface area (Å²) in [4.78, 5) is 23.8. The van der Waals surface area contributed by atoms with Crippen LogP contribution in [0.5, 0.6) is 11.5 Å². The summed E-state index contributed by atoms with van der Waals surface area (Å²) in [6, 6.07) is 15.4. The lowest BCUT2D eigenvalue weighted by Crippen LogP contribution is -2.10. The predicted molar refractivity (Wildman–Crippen MR) is 102 cm³/mol. The van der Waals surface area contributed by atoms with Gasteiger partial charge in [-0.05, 0) is 31.2 Å². The first-order valence-corrected chi connectivity index (χ1v) is 8.26. The third-order valence-corrected chi connectivity index (χ3v) is 4.05. The Morgan fingerprint density at radius 1 is 0.889 bits per heavy atom. The van der Waals surface area contributed by atoms with E-state index in [1.807, 2.05) is 0 Å². The Bertz CT molecular complexity index is 972. The number of methoxy groups -OCH3 is 2. The Kier molecular flexibility index (Phi) is 5.26. The molecule has 1 amide bonds. The second-order valence-corrected chi connectivity index (χ2v) is 5.82. The lowest BCUT2D eigenvalue weighted by atomic mass is 10.1. The van der Waals surface area contributed by atoms with Crippen LogP contribution >= 0.6 is 0 Å². The van der Waals surface area contributed by atoms with Crippen molar-refractivity contribution >= 4 is 17.4 Å². The van der Waals surface area contributed by atoms with E-state index in [1.165, 1.54) is 14.0 Å². The normalized spacial score (nSPS) is 10.3. The number of Topliss-reactive ketones (excluding diaryl/α,β-unsaturated/α-hetero) is 1. The number of nitrogens with one attached hydrogen (secondary N) is 1. The third-order valence-electron chi connectivity index (χ3n) is 4.05. The van der Waals surface area contributed by atoms with E-state index in [9.17, 15) is 9.59 Å². The van der Waals surface area contributed by atoms with Crippen LogP contribution in [0.3, 0.4) is 0 Å². The van der Waals surface area contributed by atoms with E-state index in [1.54, 1.807) is 61.7 Å². The number of ketones is 1. The molecule has 3 rings (SSSR count). The zero-order valence-corrected chi connectivity index (χ0v) is 15.2. The molecule has 0 radical (unpaired) electrons. The minimum absolute atomic E-state index is 0.00372. The summed E-state index contributed by atoms with van der Waals surface area (Å²) in [5.41, 5.74) is 1.96. The fourth-order valence-electron chi connectivity index (χ4n) is 2.59. The zero-order valence-electron chi connectivity index (χ0n) is 15.2. The van der Waals surface area contributed by atoms with Crippen LogP contribution in [-0.2, 0) is 0 Å². The SMILES string of the molecule is COc1ccc(NC(=O)c2ccc(-c3ccc(C(C)=O)cc3)o2)cc1OC. The second kappa shape index (κ2) is 7.78. The number of hydrogen-bond acceptors (Lipinski definition) is 5. The van der Waals surface area contributed by atoms with Gasteiger partial charge in [0.25, 0.3) is 5.91 Å². The number of hydrogen-bond donors (Lipinski definition) is 1. The van der Waals surface area contributed by atoms with Crippen LogP contribution in [0.4, 0.5) is 5.69 Å². The summed E-state index contributed by atoms with van der Waals surface area (Å²) >= 11 is 0. The van der Waals surface area contributed by atoms with Crippen LogP contribution in [0.1, 0.15) is 27.8 Å². The molecule has 0 bridgehead atoms. The van der Waals surface area contributed by atoms with Gasteiger partial charge in [0.15, 0.2) is 23.0 Å². The number of furan rings is 1. The molecule has 6 nitrogen and oxygen atoms in total. The fourth-order valence-corrected chi connectivity index (χ4v) is 2.59. The minimum Gasteiger partial charge on any atom is -0.493 e. The number of rotatable bonds is 6. The Morgan fingerprint density at radius 3 is 2.22 bits per heavy atom. The van der Waals surface area contributed by atoms with Crippen molar-refractivity contribution in [1.29, 1.82) is 0 Å². The largest absolute Gasteiger partial charge is 0.493 e. The summed E-state index contributed by atoms with van der Waals surface area (Å²) in [7, 11) is 3.07. The summed E-state index contributed by atoms with van der Waals surface area (Å²) in [6.07, 6.45) is 0. The number of benzene rings is 2. The van der Waals surface area contributed by atoms with Crippen molar-refractivity contribution in [3.8, 4) is 22.8 Å². The van der Waals surface area contributed by atoms with Crippen molar-refractivity contribution in [1.82, 2.24) is 0 Å². The first-order chi connectivity index (χ1) is 13.0. The van der Waals surface area contributed by atoms with Gasteiger partial charge in [-0.15, -0.1) is 0 Å². The zero-order chi connectivity index (χ0) is 19.4. The first-order valence-electron chi connectivity index (χ1n) is 8.26. The molecule has 0 atom stereocenters. The van der Waals surface area contributed by atoms with Crippen LogP contribution in [0.25, 0.3) is 11.3 Å². The lowest BCUT2D eigenvalue weighted by molar-refractivity contribution is 0.0994. The van der Waals surface area contributed by atoms with Crippen LogP contribution < -0.4 is 14.8 Å². The van der Waals surface area contributed by atoms with E-state index in [4.69, 9.17) is 13.9 Å². The smallest absolute Gasteiger partial charge is 0.291 e. The molecule has 27 heavy (non-hydrogen) atoms. The van der Waals surface area contributed by atoms with Crippen molar-refractivity contribution in [2.75, 3.05) is 19.5 Å². The van der Waals surface area contributed by atoms with Gasteiger partial charge in [-0.2, -0.15) is 0 Å². The molecule has 0 saturated heterocycles. The van der Waals surface area contributed by atoms with Crippen molar-refractivity contribution in [3.05, 3.63) is 65.9 Å². The van der Waals surface area contributed by atoms with Gasteiger partial charge in [-0.1, -0.05) is 24.3 Å². The van der Waals surface area contributed by atoms with Gasteiger partial charge < -0.3 is 19.2 Å². The maximum absolute atomic E-state index is 12.4. The molecule has 0 aliphatic heterocycles. The van der Waals surface area contributed by atoms with Gasteiger partial charge in [0.1, 0.15) is 5.76 Å². The highest BCUT2D eigenvalue weighted by Gasteiger charge is 2.14. The number of carbonyl (C=O) groups is 2. The monoisotopic (exact) mass is 365 g/mol. The van der Waals surface area contributed by atoms with Crippen LogP contribution in [0, 0.1) is 0 Å². The average Bonchev–Trinajstić information content (AvgIpc) is 3.18. The molecule has 1 heterocycles. The molecule has 0 spiro atoms. The number of ether oxygens (including phenoxy) is 2. The lowest BCUT2D eigenvalue weighted by Gasteiger charge is -2.10. The van der Waals surface area contributed by atoms with E-state index in [0.29, 0.717) is 28.5 Å². The molecule has 2 aromatic carbocycles. The molecule has 0 fully saturated rings. The van der Waals surface area contributed by atoms with Crippen LogP contribution in [-0.4, -0.2) is 25.9 Å². The molecule has 138 valence electrons. The fraction of sp³-hybridized carbons (Fsp3) is 0.143. The maximum Gasteiger partial charge on any atom is 0.291 e. The standard InChI is InChI=1S/C21H19NO5/c1-13(23)14-4-6-15(7-5-14)17-10-11-19(27-17)21(24)22-16-8-9-18(25-2)20(12-16)26-3/h4-12H,1-3H3,(H,22,24). The van der Waals surface area contributed by atoms with Crippen molar-refractivity contribution in [2.45, 2.75) is 6.92 Å². The van der Waals surface area contributed by atoms with Gasteiger partial charge in [-0.25, -0.2) is 0 Å².